The van der Waals surface area contributed by atoms with Gasteiger partial charge in [0.15, 0.2) is 12.8 Å². The van der Waals surface area contributed by atoms with Crippen LogP contribution in [0.2, 0.25) is 0 Å². The van der Waals surface area contributed by atoms with E-state index in [4.69, 9.17) is 4.74 Å². The minimum Gasteiger partial charge on any atom is -0.494 e. The first kappa shape index (κ1) is 27.6. The smallest absolute Gasteiger partial charge is 0.386 e. The summed E-state index contributed by atoms with van der Waals surface area (Å²) in [5.41, 5.74) is 0.924. The number of hydrogen-bond acceptors (Lipinski definition) is 6. The number of hydrogen-bond donors (Lipinski definition) is 1. The van der Waals surface area contributed by atoms with E-state index >= 15 is 0 Å². The van der Waals surface area contributed by atoms with Crippen molar-refractivity contribution in [3.05, 3.63) is 36.0 Å². The van der Waals surface area contributed by atoms with Crippen molar-refractivity contribution in [1.82, 2.24) is 20.1 Å². The number of halogens is 2. The maximum Gasteiger partial charge on any atom is 0.386 e. The fraction of sp³-hybridized carbons (Fsp3) is 0.519. The Bertz CT molecular complexity index is 1220. The molecule has 2 aromatic rings. The summed E-state index contributed by atoms with van der Waals surface area (Å²) in [6.45, 7) is 4.60. The highest BCUT2D eigenvalue weighted by Gasteiger charge is 2.40. The Morgan fingerprint density at radius 3 is 2.76 bits per heavy atom. The van der Waals surface area contributed by atoms with Crippen molar-refractivity contribution < 1.29 is 32.5 Å². The second kappa shape index (κ2) is 12.4. The van der Waals surface area contributed by atoms with E-state index in [-0.39, 0.29) is 25.4 Å². The molecule has 2 aliphatic heterocycles. The number of ether oxygens (including phenoxy) is 1. The molecule has 1 aromatic heterocycles. The summed E-state index contributed by atoms with van der Waals surface area (Å²) in [5.74, 6) is -3.13. The molecule has 1 saturated heterocycles. The van der Waals surface area contributed by atoms with Crippen LogP contribution in [0.4, 0.5) is 8.78 Å². The summed E-state index contributed by atoms with van der Waals surface area (Å²) in [6, 6.07) is 6.85. The number of amides is 3. The quantitative estimate of drug-likeness (QED) is 0.374. The maximum atomic E-state index is 13.4. The lowest BCUT2D eigenvalue weighted by Gasteiger charge is -2.22. The Morgan fingerprint density at radius 1 is 1.21 bits per heavy atom. The zero-order valence-electron chi connectivity index (χ0n) is 21.6. The van der Waals surface area contributed by atoms with E-state index in [1.807, 2.05) is 17.7 Å². The number of rotatable bonds is 10. The van der Waals surface area contributed by atoms with Gasteiger partial charge in [0, 0.05) is 31.1 Å². The summed E-state index contributed by atoms with van der Waals surface area (Å²) in [6.07, 6.45) is 5.33. The van der Waals surface area contributed by atoms with Gasteiger partial charge in [-0.05, 0) is 37.1 Å². The highest BCUT2D eigenvalue weighted by molar-refractivity contribution is 6.07. The van der Waals surface area contributed by atoms with Crippen LogP contribution >= 0.6 is 0 Å². The van der Waals surface area contributed by atoms with Crippen LogP contribution < -0.4 is 10.1 Å². The molecule has 3 heterocycles. The number of nitrogens with one attached hydrogen (secondary N) is 1. The van der Waals surface area contributed by atoms with Crippen molar-refractivity contribution in [2.75, 3.05) is 52.4 Å². The van der Waals surface area contributed by atoms with Gasteiger partial charge in [-0.3, -0.25) is 19.5 Å². The lowest BCUT2D eigenvalue weighted by molar-refractivity contribution is -0.452. The van der Waals surface area contributed by atoms with Crippen molar-refractivity contribution in [1.29, 1.82) is 0 Å². The number of likely N-dealkylation sites (tertiary alicyclic amines) is 1. The number of aromatic nitrogens is 1. The minimum atomic E-state index is -2.88. The minimum absolute atomic E-state index is 0.0202. The first-order valence-electron chi connectivity index (χ1n) is 13.1. The first-order chi connectivity index (χ1) is 18.3. The molecule has 1 N–H and O–H groups in total. The van der Waals surface area contributed by atoms with Crippen molar-refractivity contribution in [2.45, 2.75) is 38.5 Å². The number of carbonyl (C=O) groups excluding carboxylic acids is 3. The third kappa shape index (κ3) is 7.09. The number of carbonyl (C=O) groups is 3. The monoisotopic (exact) mass is 530 g/mol. The summed E-state index contributed by atoms with van der Waals surface area (Å²) >= 11 is 0. The van der Waals surface area contributed by atoms with Crippen LogP contribution in [0.25, 0.3) is 10.9 Å². The molecule has 38 heavy (non-hydrogen) atoms. The van der Waals surface area contributed by atoms with Crippen LogP contribution in [0.3, 0.4) is 0 Å². The zero-order valence-corrected chi connectivity index (χ0v) is 21.6. The molecular formula is C27H34F2N5O4+. The van der Waals surface area contributed by atoms with Crippen molar-refractivity contribution in [3.8, 4) is 5.75 Å². The van der Waals surface area contributed by atoms with Gasteiger partial charge in [0.1, 0.15) is 5.75 Å². The Balaban J connectivity index is 1.28. The standard InChI is InChI=1S/C27H33F2N5O4/c1-2-4-24(35)33-14-12-32(13-15-33)10-3-16-38-20-5-6-23-22(17-20)21(7-9-30-23)26(37)31-18-25(36)34-11-8-27(28,29)19-34/h5-7,9,14,17H,2-4,8,10-13,15-16,18-19H2,1H3/p+1. The molecule has 1 fully saturated rings. The van der Waals surface area contributed by atoms with Crippen LogP contribution in [0.15, 0.2) is 30.5 Å². The average molecular weight is 531 g/mol. The van der Waals surface area contributed by atoms with Gasteiger partial charge >= 0.3 is 5.91 Å². The van der Waals surface area contributed by atoms with Crippen molar-refractivity contribution in [2.24, 2.45) is 0 Å². The van der Waals surface area contributed by atoms with E-state index in [1.165, 1.54) is 6.20 Å². The molecule has 3 amide bonds. The van der Waals surface area contributed by atoms with Gasteiger partial charge in [0.2, 0.25) is 5.91 Å². The van der Waals surface area contributed by atoms with Gasteiger partial charge < -0.3 is 15.0 Å². The molecule has 0 bridgehead atoms. The van der Waals surface area contributed by atoms with Crippen LogP contribution in [-0.2, 0) is 9.59 Å². The van der Waals surface area contributed by atoms with Gasteiger partial charge in [-0.1, -0.05) is 6.92 Å². The molecular weight excluding hydrogens is 496 g/mol. The normalized spacial score (nSPS) is 17.3. The van der Waals surface area contributed by atoms with Gasteiger partial charge in [-0.15, -0.1) is 0 Å². The first-order valence-corrected chi connectivity index (χ1v) is 13.1. The summed E-state index contributed by atoms with van der Waals surface area (Å²) in [4.78, 5) is 44.7. The van der Waals surface area contributed by atoms with Gasteiger partial charge in [0.25, 0.3) is 11.8 Å². The summed E-state index contributed by atoms with van der Waals surface area (Å²) in [5, 5.41) is 3.12. The Kier molecular flexibility index (Phi) is 8.98. The topological polar surface area (TPSA) is 94.8 Å². The fourth-order valence-electron chi connectivity index (χ4n) is 4.64. The zero-order chi connectivity index (χ0) is 27.1. The molecule has 0 aliphatic carbocycles. The second-order valence-electron chi connectivity index (χ2n) is 9.66. The predicted molar refractivity (Wildman–Crippen MR) is 138 cm³/mol. The van der Waals surface area contributed by atoms with Crippen LogP contribution in [0.1, 0.15) is 43.0 Å². The summed E-state index contributed by atoms with van der Waals surface area (Å²) in [7, 11) is 0. The molecule has 9 nitrogen and oxygen atoms in total. The number of pyridine rings is 1. The van der Waals surface area contributed by atoms with Gasteiger partial charge in [-0.25, -0.2) is 13.6 Å². The average Bonchev–Trinajstić information content (AvgIpc) is 3.29. The maximum absolute atomic E-state index is 13.4. The molecule has 4 rings (SSSR count). The third-order valence-electron chi connectivity index (χ3n) is 6.77. The van der Waals surface area contributed by atoms with E-state index < -0.39 is 24.3 Å². The largest absolute Gasteiger partial charge is 0.494 e. The van der Waals surface area contributed by atoms with E-state index in [0.29, 0.717) is 41.8 Å². The van der Waals surface area contributed by atoms with E-state index in [9.17, 15) is 23.2 Å². The lowest BCUT2D eigenvalue weighted by Crippen LogP contribution is -2.42. The van der Waals surface area contributed by atoms with E-state index in [0.717, 1.165) is 37.4 Å². The molecule has 11 heteroatoms. The third-order valence-corrected chi connectivity index (χ3v) is 6.77. The van der Waals surface area contributed by atoms with E-state index in [1.54, 1.807) is 24.3 Å². The molecule has 2 aliphatic rings. The molecule has 0 saturated carbocycles. The summed E-state index contributed by atoms with van der Waals surface area (Å²) < 4.78 is 34.5. The van der Waals surface area contributed by atoms with Gasteiger partial charge in [-0.2, -0.15) is 4.58 Å². The number of fused-ring (bicyclic) bond motifs is 1. The van der Waals surface area contributed by atoms with Crippen LogP contribution in [0.5, 0.6) is 5.75 Å². The van der Waals surface area contributed by atoms with Crippen LogP contribution in [0, 0.1) is 0 Å². The van der Waals surface area contributed by atoms with Crippen LogP contribution in [-0.4, -0.2) is 102 Å². The Labute approximate surface area is 220 Å². The number of benzene rings is 1. The fourth-order valence-corrected chi connectivity index (χ4v) is 4.64. The number of alkyl halides is 2. The lowest BCUT2D eigenvalue weighted by atomic mass is 10.1. The molecule has 0 unspecified atom stereocenters. The van der Waals surface area contributed by atoms with Crippen molar-refractivity contribution >= 4 is 34.8 Å². The highest BCUT2D eigenvalue weighted by atomic mass is 19.3. The molecule has 0 spiro atoms. The Hall–Kier alpha value is -3.47. The SMILES string of the molecule is CCCC(=O)[N+]1=CCN(CCCOc2ccc3nccc(C(=O)NCC(=O)N4CCC(F)(F)C4)c3c2)CC1. The highest BCUT2D eigenvalue weighted by Crippen LogP contribution is 2.27. The predicted octanol–water partition coefficient (Wildman–Crippen LogP) is 2.33. The van der Waals surface area contributed by atoms with E-state index in [2.05, 4.69) is 15.2 Å². The second-order valence-corrected chi connectivity index (χ2v) is 9.66. The molecule has 0 radical (unpaired) electrons. The van der Waals surface area contributed by atoms with Gasteiger partial charge in [0.05, 0.1) is 50.3 Å². The number of nitrogens with zero attached hydrogens (tertiary/aromatic N) is 4. The molecule has 204 valence electrons. The molecule has 0 atom stereocenters. The molecule has 1 aromatic carbocycles. The van der Waals surface area contributed by atoms with Crippen molar-refractivity contribution in [3.63, 3.8) is 0 Å². The Morgan fingerprint density at radius 2 is 2.05 bits per heavy atom.